The summed E-state index contributed by atoms with van der Waals surface area (Å²) in [7, 11) is 1.76. The molecule has 2 rings (SSSR count). The predicted molar refractivity (Wildman–Crippen MR) is 143 cm³/mol. The number of hydrogen-bond donors (Lipinski definition) is 1. The molecule has 0 spiro atoms. The van der Waals surface area contributed by atoms with Gasteiger partial charge in [0.15, 0.2) is 0 Å². The summed E-state index contributed by atoms with van der Waals surface area (Å²) in [4.78, 5) is 19.5. The Hall–Kier alpha value is -2.13. The lowest BCUT2D eigenvalue weighted by Gasteiger charge is -2.30. The summed E-state index contributed by atoms with van der Waals surface area (Å²) in [6, 6.07) is 6.25. The second-order valence-corrected chi connectivity index (χ2v) is 11.1. The van der Waals surface area contributed by atoms with E-state index in [0.717, 1.165) is 23.6 Å². The van der Waals surface area contributed by atoms with Crippen molar-refractivity contribution < 1.29 is 18.0 Å². The van der Waals surface area contributed by atoms with Crippen molar-refractivity contribution in [2.45, 2.75) is 53.1 Å². The van der Waals surface area contributed by atoms with Crippen LogP contribution >= 0.6 is 24.0 Å². The van der Waals surface area contributed by atoms with Gasteiger partial charge in [0.05, 0.1) is 22.5 Å². The monoisotopic (exact) mass is 525 g/mol. The third-order valence-electron chi connectivity index (χ3n) is 5.59. The van der Waals surface area contributed by atoms with Crippen LogP contribution in [0.4, 0.5) is 13.2 Å². The summed E-state index contributed by atoms with van der Waals surface area (Å²) in [6.07, 6.45) is -0.813. The zero-order chi connectivity index (χ0) is 26.4. The Labute approximate surface area is 215 Å². The van der Waals surface area contributed by atoms with E-state index in [4.69, 9.17) is 18.0 Å². The zero-order valence-electron chi connectivity index (χ0n) is 21.0. The molecule has 0 atom stereocenters. The number of nitrogens with zero attached hydrogens (tertiary/aromatic N) is 2. The third kappa shape index (κ3) is 8.20. The van der Waals surface area contributed by atoms with E-state index in [1.165, 1.54) is 31.4 Å². The van der Waals surface area contributed by atoms with Gasteiger partial charge in [-0.1, -0.05) is 58.0 Å². The molecule has 0 aliphatic rings. The number of rotatable bonds is 11. The molecule has 35 heavy (non-hydrogen) atoms. The molecule has 2 N–H and O–H groups in total. The SMILES string of the molecule is CCCCCSCC(C)(C)CN(C)C(=O)c1cc(C(N)=S)c(-c2ccc(C(F)(F)F)cc2)nc1C. The van der Waals surface area contributed by atoms with Crippen molar-refractivity contribution in [1.82, 2.24) is 9.88 Å². The normalized spacial score (nSPS) is 12.0. The van der Waals surface area contributed by atoms with Crippen LogP contribution in [0.3, 0.4) is 0 Å². The molecule has 1 heterocycles. The first-order chi connectivity index (χ1) is 16.3. The van der Waals surface area contributed by atoms with Gasteiger partial charge in [-0.25, -0.2) is 0 Å². The van der Waals surface area contributed by atoms with Crippen molar-refractivity contribution in [3.05, 3.63) is 52.7 Å². The number of thiocarbonyl (C=S) groups is 1. The fourth-order valence-corrected chi connectivity index (χ4v) is 5.17. The number of hydrogen-bond acceptors (Lipinski definition) is 4. The Morgan fingerprint density at radius 2 is 1.77 bits per heavy atom. The number of halogens is 3. The van der Waals surface area contributed by atoms with Crippen LogP contribution in [0.15, 0.2) is 30.3 Å². The Bertz CT molecular complexity index is 1040. The van der Waals surface area contributed by atoms with Crippen LogP contribution in [0, 0.1) is 12.3 Å². The van der Waals surface area contributed by atoms with Crippen molar-refractivity contribution in [3.8, 4) is 11.3 Å². The van der Waals surface area contributed by atoms with E-state index < -0.39 is 11.7 Å². The van der Waals surface area contributed by atoms with Gasteiger partial charge in [0, 0.05) is 30.5 Å². The molecule has 192 valence electrons. The molecule has 1 aromatic heterocycles. The lowest BCUT2D eigenvalue weighted by Crippen LogP contribution is -2.37. The highest BCUT2D eigenvalue weighted by molar-refractivity contribution is 7.99. The topological polar surface area (TPSA) is 59.2 Å². The van der Waals surface area contributed by atoms with Gasteiger partial charge < -0.3 is 10.6 Å². The van der Waals surface area contributed by atoms with Crippen LogP contribution in [0.25, 0.3) is 11.3 Å². The number of benzene rings is 1. The van der Waals surface area contributed by atoms with Gasteiger partial charge in [0.1, 0.15) is 4.99 Å². The highest BCUT2D eigenvalue weighted by Crippen LogP contribution is 2.32. The molecule has 0 saturated carbocycles. The van der Waals surface area contributed by atoms with Gasteiger partial charge in [-0.05, 0) is 42.7 Å². The summed E-state index contributed by atoms with van der Waals surface area (Å²) in [5, 5.41) is 0. The van der Waals surface area contributed by atoms with Gasteiger partial charge in [0.2, 0.25) is 0 Å². The highest BCUT2D eigenvalue weighted by Gasteiger charge is 2.30. The second-order valence-electron chi connectivity index (χ2n) is 9.54. The Balaban J connectivity index is 2.25. The standard InChI is InChI=1S/C26H34F3N3OS2/c1-6-7-8-13-35-16-25(3,4)15-32(5)24(33)20-14-21(23(30)34)22(31-17(20)2)18-9-11-19(12-10-18)26(27,28)29/h9-12,14H,6-8,13,15-16H2,1-5H3,(H2,30,34). The maximum atomic E-state index is 13.3. The largest absolute Gasteiger partial charge is 0.416 e. The molecule has 0 fully saturated rings. The lowest BCUT2D eigenvalue weighted by molar-refractivity contribution is -0.137. The predicted octanol–water partition coefficient (Wildman–Crippen LogP) is 6.73. The van der Waals surface area contributed by atoms with Crippen LogP contribution in [-0.2, 0) is 6.18 Å². The Morgan fingerprint density at radius 3 is 2.31 bits per heavy atom. The Kier molecular flexibility index (Phi) is 10.2. The number of nitrogens with two attached hydrogens (primary N) is 1. The lowest BCUT2D eigenvalue weighted by atomic mass is 9.95. The smallest absolute Gasteiger partial charge is 0.389 e. The van der Waals surface area contributed by atoms with Crippen molar-refractivity contribution in [1.29, 1.82) is 0 Å². The summed E-state index contributed by atoms with van der Waals surface area (Å²) in [5.74, 6) is 1.85. The van der Waals surface area contributed by atoms with E-state index in [0.29, 0.717) is 34.6 Å². The number of pyridine rings is 1. The van der Waals surface area contributed by atoms with Gasteiger partial charge >= 0.3 is 6.18 Å². The van der Waals surface area contributed by atoms with E-state index >= 15 is 0 Å². The second kappa shape index (κ2) is 12.2. The molecule has 0 aliphatic carbocycles. The fraction of sp³-hybridized carbons (Fsp3) is 0.500. The number of carbonyl (C=O) groups is 1. The molecule has 1 amide bonds. The molecule has 0 saturated heterocycles. The van der Waals surface area contributed by atoms with Crippen LogP contribution in [0.2, 0.25) is 0 Å². The molecule has 4 nitrogen and oxygen atoms in total. The number of aryl methyl sites for hydroxylation is 1. The summed E-state index contributed by atoms with van der Waals surface area (Å²) < 4.78 is 38.8. The van der Waals surface area contributed by atoms with Crippen LogP contribution in [0.1, 0.15) is 67.2 Å². The first kappa shape index (κ1) is 29.1. The maximum Gasteiger partial charge on any atom is 0.416 e. The highest BCUT2D eigenvalue weighted by atomic mass is 32.2. The number of aromatic nitrogens is 1. The molecule has 1 aromatic carbocycles. The number of carbonyl (C=O) groups excluding carboxylic acids is 1. The number of unbranched alkanes of at least 4 members (excludes halogenated alkanes) is 2. The summed E-state index contributed by atoms with van der Waals surface area (Å²) in [6.45, 7) is 8.73. The zero-order valence-corrected chi connectivity index (χ0v) is 22.6. The summed E-state index contributed by atoms with van der Waals surface area (Å²) in [5.41, 5.74) is 7.08. The number of thioether (sulfide) groups is 1. The van der Waals surface area contributed by atoms with Crippen LogP contribution in [-0.4, -0.2) is 45.9 Å². The maximum absolute atomic E-state index is 13.3. The fourth-order valence-electron chi connectivity index (χ4n) is 3.81. The molecule has 0 radical (unpaired) electrons. The minimum Gasteiger partial charge on any atom is -0.389 e. The minimum absolute atomic E-state index is 0.0212. The van der Waals surface area contributed by atoms with Crippen LogP contribution in [0.5, 0.6) is 0 Å². The summed E-state index contributed by atoms with van der Waals surface area (Å²) >= 11 is 7.09. The minimum atomic E-state index is -4.43. The molecular weight excluding hydrogens is 491 g/mol. The van der Waals surface area contributed by atoms with Gasteiger partial charge in [0.25, 0.3) is 5.91 Å². The quantitative estimate of drug-likeness (QED) is 0.260. The molecule has 9 heteroatoms. The first-order valence-electron chi connectivity index (χ1n) is 11.6. The molecule has 2 aromatic rings. The average Bonchev–Trinajstić information content (AvgIpc) is 2.77. The number of alkyl halides is 3. The van der Waals surface area contributed by atoms with E-state index in [-0.39, 0.29) is 16.3 Å². The van der Waals surface area contributed by atoms with Crippen LogP contribution < -0.4 is 5.73 Å². The molecule has 0 bridgehead atoms. The van der Waals surface area contributed by atoms with E-state index in [2.05, 4.69) is 25.8 Å². The van der Waals surface area contributed by atoms with E-state index in [1.807, 2.05) is 11.8 Å². The Morgan fingerprint density at radius 1 is 1.14 bits per heavy atom. The van der Waals surface area contributed by atoms with Gasteiger partial charge in [-0.3, -0.25) is 9.78 Å². The van der Waals surface area contributed by atoms with Crippen molar-refractivity contribution in [2.24, 2.45) is 11.1 Å². The first-order valence-corrected chi connectivity index (χ1v) is 13.2. The number of amides is 1. The average molecular weight is 526 g/mol. The van der Waals surface area contributed by atoms with Crippen molar-refractivity contribution in [3.63, 3.8) is 0 Å². The van der Waals surface area contributed by atoms with E-state index in [1.54, 1.807) is 24.9 Å². The molecule has 0 aliphatic heterocycles. The molecule has 0 unspecified atom stereocenters. The third-order valence-corrected chi connectivity index (χ3v) is 7.37. The van der Waals surface area contributed by atoms with Crippen molar-refractivity contribution in [2.75, 3.05) is 25.1 Å². The van der Waals surface area contributed by atoms with E-state index in [9.17, 15) is 18.0 Å². The van der Waals surface area contributed by atoms with Crippen molar-refractivity contribution >= 4 is 34.9 Å². The molecular formula is C26H34F3N3OS2. The van der Waals surface area contributed by atoms with Gasteiger partial charge in [-0.15, -0.1) is 0 Å². The van der Waals surface area contributed by atoms with Gasteiger partial charge in [-0.2, -0.15) is 24.9 Å².